The van der Waals surface area contributed by atoms with E-state index < -0.39 is 5.97 Å². The second-order valence-electron chi connectivity index (χ2n) is 6.01. The number of fused-ring (bicyclic) bond motifs is 1. The van der Waals surface area contributed by atoms with E-state index in [1.807, 2.05) is 0 Å². The molecule has 13 heteroatoms. The van der Waals surface area contributed by atoms with Crippen LogP contribution in [-0.4, -0.2) is 49.6 Å². The third kappa shape index (κ3) is 4.46. The van der Waals surface area contributed by atoms with Crippen LogP contribution in [0.5, 0.6) is 0 Å². The average molecular weight is 485 g/mol. The Morgan fingerprint density at radius 3 is 2.70 bits per heavy atom. The van der Waals surface area contributed by atoms with Crippen molar-refractivity contribution in [3.8, 4) is 11.4 Å². The van der Waals surface area contributed by atoms with Crippen molar-refractivity contribution in [1.82, 2.24) is 29.9 Å². The number of thiazole rings is 1. The normalized spacial score (nSPS) is 11.1. The van der Waals surface area contributed by atoms with Crippen LogP contribution in [0.3, 0.4) is 0 Å². The monoisotopic (exact) mass is 483 g/mol. The molecule has 3 heterocycles. The van der Waals surface area contributed by atoms with Crippen LogP contribution in [0.1, 0.15) is 5.56 Å². The van der Waals surface area contributed by atoms with Crippen molar-refractivity contribution in [2.45, 2.75) is 6.54 Å². The van der Waals surface area contributed by atoms with Gasteiger partial charge in [0.15, 0.2) is 15.6 Å². The lowest BCUT2D eigenvalue weighted by Crippen LogP contribution is -2.14. The number of carbonyl (C=O) groups is 1. The van der Waals surface area contributed by atoms with E-state index in [9.17, 15) is 4.79 Å². The van der Waals surface area contributed by atoms with Gasteiger partial charge in [0.1, 0.15) is 17.9 Å². The molecule has 0 aliphatic rings. The molecule has 9 nitrogen and oxygen atoms in total. The Balaban J connectivity index is 1.53. The molecule has 0 unspecified atom stereocenters. The van der Waals surface area contributed by atoms with Crippen molar-refractivity contribution in [3.05, 3.63) is 45.2 Å². The van der Waals surface area contributed by atoms with Gasteiger partial charge in [0.2, 0.25) is 0 Å². The highest BCUT2D eigenvalue weighted by atomic mass is 35.5. The van der Waals surface area contributed by atoms with Crippen LogP contribution in [-0.2, 0) is 16.1 Å². The Bertz CT molecular complexity index is 1220. The highest BCUT2D eigenvalue weighted by Crippen LogP contribution is 2.31. The van der Waals surface area contributed by atoms with Gasteiger partial charge in [-0.2, -0.15) is 4.98 Å². The van der Waals surface area contributed by atoms with Crippen LogP contribution in [0, 0.1) is 0 Å². The standard InChI is InChI=1S/C17H12Cl3N7O2S/c1-29-13(28)5-22-17-24-15-16(30-17)23-11(4-21-15)12-7-27(26-25-12)6-8-2-9(18)14(20)10(19)3-8/h2-4,7H,5-6H2,1H3,(H,21,22,24). The van der Waals surface area contributed by atoms with Crippen molar-refractivity contribution in [3.63, 3.8) is 0 Å². The van der Waals surface area contributed by atoms with E-state index in [2.05, 4.69) is 35.3 Å². The topological polar surface area (TPSA) is 108 Å². The van der Waals surface area contributed by atoms with Gasteiger partial charge in [-0.15, -0.1) is 5.10 Å². The number of hydrogen-bond donors (Lipinski definition) is 1. The first kappa shape index (κ1) is 20.7. The predicted octanol–water partition coefficient (Wildman–Crippen LogP) is 3.94. The molecule has 4 aromatic rings. The van der Waals surface area contributed by atoms with Gasteiger partial charge in [0.25, 0.3) is 0 Å². The van der Waals surface area contributed by atoms with Crippen LogP contribution in [0.2, 0.25) is 15.1 Å². The Morgan fingerprint density at radius 1 is 1.20 bits per heavy atom. The molecule has 0 aliphatic carbocycles. The summed E-state index contributed by atoms with van der Waals surface area (Å²) >= 11 is 19.4. The fraction of sp³-hybridized carbons (Fsp3) is 0.176. The number of nitrogens with one attached hydrogen (secondary N) is 1. The summed E-state index contributed by atoms with van der Waals surface area (Å²) in [5, 5.41) is 12.7. The summed E-state index contributed by atoms with van der Waals surface area (Å²) in [6, 6.07) is 3.45. The molecule has 0 amide bonds. The predicted molar refractivity (Wildman–Crippen MR) is 115 cm³/mol. The molecule has 0 aliphatic heterocycles. The number of nitrogens with zero attached hydrogens (tertiary/aromatic N) is 6. The third-order valence-electron chi connectivity index (χ3n) is 3.92. The van der Waals surface area contributed by atoms with E-state index in [-0.39, 0.29) is 6.54 Å². The quantitative estimate of drug-likeness (QED) is 0.324. The Morgan fingerprint density at radius 2 is 1.97 bits per heavy atom. The molecule has 3 aromatic heterocycles. The van der Waals surface area contributed by atoms with Gasteiger partial charge >= 0.3 is 5.97 Å². The van der Waals surface area contributed by atoms with Crippen LogP contribution in [0.15, 0.2) is 24.5 Å². The first-order valence-corrected chi connectivity index (χ1v) is 10.4. The van der Waals surface area contributed by atoms with E-state index in [0.29, 0.717) is 48.6 Å². The van der Waals surface area contributed by atoms with Crippen molar-refractivity contribution in [2.24, 2.45) is 0 Å². The van der Waals surface area contributed by atoms with Gasteiger partial charge < -0.3 is 10.1 Å². The lowest BCUT2D eigenvalue weighted by Gasteiger charge is -2.05. The zero-order valence-electron chi connectivity index (χ0n) is 15.3. The van der Waals surface area contributed by atoms with Crippen LogP contribution >= 0.6 is 46.1 Å². The number of esters is 1. The molecule has 0 bridgehead atoms. The van der Waals surface area contributed by atoms with E-state index in [1.54, 1.807) is 29.2 Å². The minimum absolute atomic E-state index is 0.0102. The van der Waals surface area contributed by atoms with Crippen LogP contribution in [0.25, 0.3) is 21.9 Å². The van der Waals surface area contributed by atoms with Gasteiger partial charge in [-0.1, -0.05) is 51.4 Å². The SMILES string of the molecule is COC(=O)CNc1nc2ncc(-c3cn(Cc4cc(Cl)c(Cl)c(Cl)c4)nn3)nc2s1. The number of methoxy groups -OCH3 is 1. The number of hydrogen-bond acceptors (Lipinski definition) is 9. The Labute approximate surface area is 189 Å². The van der Waals surface area contributed by atoms with E-state index in [1.165, 1.54) is 18.4 Å². The Kier molecular flexibility index (Phi) is 6.00. The smallest absolute Gasteiger partial charge is 0.325 e. The summed E-state index contributed by atoms with van der Waals surface area (Å²) < 4.78 is 6.22. The Hall–Kier alpha value is -2.53. The molecular weight excluding hydrogens is 473 g/mol. The molecule has 0 radical (unpaired) electrons. The molecule has 154 valence electrons. The molecule has 0 spiro atoms. The van der Waals surface area contributed by atoms with Crippen molar-refractivity contribution < 1.29 is 9.53 Å². The fourth-order valence-electron chi connectivity index (χ4n) is 2.52. The van der Waals surface area contributed by atoms with Gasteiger partial charge in [-0.05, 0) is 17.7 Å². The molecular formula is C17H12Cl3N7O2S. The first-order valence-electron chi connectivity index (χ1n) is 8.41. The van der Waals surface area contributed by atoms with Crippen molar-refractivity contribution in [2.75, 3.05) is 19.0 Å². The van der Waals surface area contributed by atoms with Crippen molar-refractivity contribution in [1.29, 1.82) is 0 Å². The van der Waals surface area contributed by atoms with E-state index >= 15 is 0 Å². The maximum atomic E-state index is 11.2. The number of anilines is 1. The molecule has 0 saturated carbocycles. The number of carbonyl (C=O) groups excluding carboxylic acids is 1. The molecule has 1 aromatic carbocycles. The number of benzene rings is 1. The minimum atomic E-state index is -0.393. The van der Waals surface area contributed by atoms with E-state index in [0.717, 1.165) is 5.56 Å². The lowest BCUT2D eigenvalue weighted by atomic mass is 10.2. The molecule has 1 N–H and O–H groups in total. The summed E-state index contributed by atoms with van der Waals surface area (Å²) in [4.78, 5) is 25.0. The largest absolute Gasteiger partial charge is 0.468 e. The van der Waals surface area contributed by atoms with Gasteiger partial charge in [-0.3, -0.25) is 4.79 Å². The summed E-state index contributed by atoms with van der Waals surface area (Å²) in [6.45, 7) is 0.414. The highest BCUT2D eigenvalue weighted by Gasteiger charge is 2.13. The number of halogens is 3. The van der Waals surface area contributed by atoms with Crippen molar-refractivity contribution >= 4 is 67.7 Å². The summed E-state index contributed by atoms with van der Waals surface area (Å²) in [7, 11) is 1.32. The fourth-order valence-corrected chi connectivity index (χ4v) is 3.95. The van der Waals surface area contributed by atoms with Gasteiger partial charge in [0, 0.05) is 0 Å². The molecule has 0 saturated heterocycles. The maximum absolute atomic E-state index is 11.2. The molecule has 0 atom stereocenters. The number of rotatable bonds is 6. The lowest BCUT2D eigenvalue weighted by molar-refractivity contribution is -0.138. The second kappa shape index (κ2) is 8.68. The van der Waals surface area contributed by atoms with E-state index in [4.69, 9.17) is 34.8 Å². The highest BCUT2D eigenvalue weighted by molar-refractivity contribution is 7.21. The molecule has 0 fully saturated rings. The van der Waals surface area contributed by atoms with Gasteiger partial charge in [-0.25, -0.2) is 14.6 Å². The average Bonchev–Trinajstić information content (AvgIpc) is 3.36. The summed E-state index contributed by atoms with van der Waals surface area (Å²) in [6.07, 6.45) is 3.31. The summed E-state index contributed by atoms with van der Waals surface area (Å²) in [5.74, 6) is -0.393. The maximum Gasteiger partial charge on any atom is 0.325 e. The number of aromatic nitrogens is 6. The molecule has 30 heavy (non-hydrogen) atoms. The second-order valence-corrected chi connectivity index (χ2v) is 8.18. The minimum Gasteiger partial charge on any atom is -0.468 e. The van der Waals surface area contributed by atoms with Gasteiger partial charge in [0.05, 0.1) is 41.1 Å². The zero-order chi connectivity index (χ0) is 21.3. The first-order chi connectivity index (χ1) is 14.4. The summed E-state index contributed by atoms with van der Waals surface area (Å²) in [5.41, 5.74) is 2.39. The zero-order valence-corrected chi connectivity index (χ0v) is 18.3. The van der Waals surface area contributed by atoms with Crippen LogP contribution in [0.4, 0.5) is 5.13 Å². The van der Waals surface area contributed by atoms with Crippen LogP contribution < -0.4 is 5.32 Å². The third-order valence-corrected chi connectivity index (χ3v) is 6.02. The number of ether oxygens (including phenoxy) is 1. The molecule has 4 rings (SSSR count).